The lowest BCUT2D eigenvalue weighted by Crippen LogP contribution is -1.99. The van der Waals surface area contributed by atoms with Crippen LogP contribution in [0.5, 0.6) is 0 Å². The third-order valence-corrected chi connectivity index (χ3v) is 4.01. The van der Waals surface area contributed by atoms with Gasteiger partial charge in [-0.25, -0.2) is 4.98 Å². The summed E-state index contributed by atoms with van der Waals surface area (Å²) in [7, 11) is 0. The maximum Gasteiger partial charge on any atom is 0.310 e. The molecule has 1 aromatic carbocycles. The predicted molar refractivity (Wildman–Crippen MR) is 66.7 cm³/mol. The molecule has 0 saturated heterocycles. The highest BCUT2D eigenvalue weighted by Gasteiger charge is 2.23. The minimum absolute atomic E-state index is 0.000585. The molecule has 0 amide bonds. The number of carbonyl (C=O) groups is 1. The zero-order valence-corrected chi connectivity index (χ0v) is 10.3. The lowest BCUT2D eigenvalue weighted by atomic mass is 10.1. The van der Waals surface area contributed by atoms with Crippen molar-refractivity contribution in [2.24, 2.45) is 0 Å². The normalized spacial score (nSPS) is 12.3. The fraction of sp³-hybridized carbons (Fsp3) is 0.167. The van der Waals surface area contributed by atoms with Crippen molar-refractivity contribution in [3.8, 4) is 11.3 Å². The summed E-state index contributed by atoms with van der Waals surface area (Å²) in [6, 6.07) is 5.74. The zero-order chi connectivity index (χ0) is 12.0. The predicted octanol–water partition coefficient (Wildman–Crippen LogP) is 2.99. The molecule has 1 aromatic heterocycles. The second-order valence-electron chi connectivity index (χ2n) is 3.93. The molecule has 0 fully saturated rings. The van der Waals surface area contributed by atoms with E-state index in [1.165, 1.54) is 16.9 Å². The van der Waals surface area contributed by atoms with Gasteiger partial charge in [0.25, 0.3) is 0 Å². The van der Waals surface area contributed by atoms with Crippen LogP contribution in [0.3, 0.4) is 0 Å². The summed E-state index contributed by atoms with van der Waals surface area (Å²) in [4.78, 5) is 16.2. The lowest BCUT2D eigenvalue weighted by molar-refractivity contribution is -0.136. The van der Waals surface area contributed by atoms with E-state index in [0.29, 0.717) is 5.01 Å². The van der Waals surface area contributed by atoms with E-state index < -0.39 is 5.97 Å². The van der Waals surface area contributed by atoms with Gasteiger partial charge in [-0.3, -0.25) is 4.79 Å². The largest absolute Gasteiger partial charge is 0.481 e. The first-order valence-corrected chi connectivity index (χ1v) is 6.32. The number of carboxylic acid groups (broad SMARTS) is 1. The molecule has 0 saturated carbocycles. The van der Waals surface area contributed by atoms with Crippen LogP contribution in [0, 0.1) is 0 Å². The van der Waals surface area contributed by atoms with Gasteiger partial charge in [0, 0.05) is 21.9 Å². The Hall–Kier alpha value is -1.39. The molecule has 2 aromatic rings. The number of aromatic nitrogens is 1. The highest BCUT2D eigenvalue weighted by atomic mass is 35.5. The molecular formula is C12H8ClNO2S. The molecule has 1 heterocycles. The van der Waals surface area contributed by atoms with Gasteiger partial charge in [0.1, 0.15) is 5.01 Å². The van der Waals surface area contributed by atoms with Crippen molar-refractivity contribution >= 4 is 28.9 Å². The Bertz CT molecular complexity index is 621. The molecule has 17 heavy (non-hydrogen) atoms. The SMILES string of the molecule is O=C(O)Cc1nc2c(s1)Cc1cc(Cl)ccc1-2. The van der Waals surface area contributed by atoms with Crippen LogP contribution >= 0.6 is 22.9 Å². The molecule has 3 nitrogen and oxygen atoms in total. The number of nitrogens with zero attached hydrogens (tertiary/aromatic N) is 1. The van der Waals surface area contributed by atoms with E-state index in [-0.39, 0.29) is 6.42 Å². The number of fused-ring (bicyclic) bond motifs is 3. The van der Waals surface area contributed by atoms with Gasteiger partial charge in [0.05, 0.1) is 12.1 Å². The molecule has 3 rings (SSSR count). The Morgan fingerprint density at radius 3 is 3.12 bits per heavy atom. The number of benzene rings is 1. The van der Waals surface area contributed by atoms with E-state index >= 15 is 0 Å². The Kier molecular flexibility index (Phi) is 2.42. The maximum absolute atomic E-state index is 10.6. The quantitative estimate of drug-likeness (QED) is 0.775. The van der Waals surface area contributed by atoms with Crippen LogP contribution in [0.4, 0.5) is 0 Å². The van der Waals surface area contributed by atoms with E-state index in [9.17, 15) is 4.79 Å². The number of rotatable bonds is 2. The van der Waals surface area contributed by atoms with E-state index in [4.69, 9.17) is 16.7 Å². The average molecular weight is 266 g/mol. The van der Waals surface area contributed by atoms with Gasteiger partial charge in [-0.05, 0) is 17.7 Å². The van der Waals surface area contributed by atoms with Crippen molar-refractivity contribution in [2.75, 3.05) is 0 Å². The van der Waals surface area contributed by atoms with Gasteiger partial charge < -0.3 is 5.11 Å². The molecule has 0 aliphatic heterocycles. The molecule has 5 heteroatoms. The van der Waals surface area contributed by atoms with Gasteiger partial charge in [0.2, 0.25) is 0 Å². The van der Waals surface area contributed by atoms with Crippen molar-refractivity contribution in [3.05, 3.63) is 38.7 Å². The van der Waals surface area contributed by atoms with Crippen LogP contribution in [-0.2, 0) is 17.6 Å². The summed E-state index contributed by atoms with van der Waals surface area (Å²) in [5.74, 6) is -0.839. The molecule has 1 aliphatic rings. The number of aliphatic carboxylic acids is 1. The van der Waals surface area contributed by atoms with E-state index in [1.807, 2.05) is 18.2 Å². The molecule has 86 valence electrons. The first kappa shape index (κ1) is 10.7. The Balaban J connectivity index is 2.03. The summed E-state index contributed by atoms with van der Waals surface area (Å²) < 4.78 is 0. The lowest BCUT2D eigenvalue weighted by Gasteiger charge is -1.99. The van der Waals surface area contributed by atoms with Crippen LogP contribution in [0.15, 0.2) is 18.2 Å². The zero-order valence-electron chi connectivity index (χ0n) is 8.74. The van der Waals surface area contributed by atoms with E-state index in [0.717, 1.165) is 27.6 Å². The number of halogens is 1. The standard InChI is InChI=1S/C12H8ClNO2S/c13-7-1-2-8-6(3-7)4-9-12(8)14-10(17-9)5-11(15)16/h1-3H,4-5H2,(H,15,16). The molecule has 0 radical (unpaired) electrons. The van der Waals surface area contributed by atoms with Crippen molar-refractivity contribution in [2.45, 2.75) is 12.8 Å². The third kappa shape index (κ3) is 1.83. The van der Waals surface area contributed by atoms with E-state index in [1.54, 1.807) is 0 Å². The second-order valence-corrected chi connectivity index (χ2v) is 5.53. The average Bonchev–Trinajstić information content (AvgIpc) is 2.72. The second kappa shape index (κ2) is 3.82. The molecule has 0 bridgehead atoms. The minimum Gasteiger partial charge on any atom is -0.481 e. The Labute approximate surface area is 107 Å². The third-order valence-electron chi connectivity index (χ3n) is 2.72. The summed E-state index contributed by atoms with van der Waals surface area (Å²) in [5, 5.41) is 10.1. The van der Waals surface area contributed by atoms with Gasteiger partial charge in [-0.15, -0.1) is 11.3 Å². The summed E-state index contributed by atoms with van der Waals surface area (Å²) in [5.41, 5.74) is 3.18. The molecule has 0 atom stereocenters. The Morgan fingerprint density at radius 1 is 1.53 bits per heavy atom. The molecule has 1 N–H and O–H groups in total. The maximum atomic E-state index is 10.6. The van der Waals surface area contributed by atoms with Gasteiger partial charge in [-0.2, -0.15) is 0 Å². The summed E-state index contributed by atoms with van der Waals surface area (Å²) >= 11 is 7.42. The smallest absolute Gasteiger partial charge is 0.310 e. The molecular weight excluding hydrogens is 258 g/mol. The van der Waals surface area contributed by atoms with Crippen LogP contribution in [0.25, 0.3) is 11.3 Å². The number of hydrogen-bond acceptors (Lipinski definition) is 3. The number of thiazole rings is 1. The van der Waals surface area contributed by atoms with E-state index in [2.05, 4.69) is 4.98 Å². The van der Waals surface area contributed by atoms with Crippen molar-refractivity contribution < 1.29 is 9.90 Å². The minimum atomic E-state index is -0.839. The van der Waals surface area contributed by atoms with Crippen molar-refractivity contribution in [1.29, 1.82) is 0 Å². The summed E-state index contributed by atoms with van der Waals surface area (Å²) in [6.45, 7) is 0. The van der Waals surface area contributed by atoms with Crippen molar-refractivity contribution in [3.63, 3.8) is 0 Å². The first-order chi connectivity index (χ1) is 8.13. The molecule has 1 aliphatic carbocycles. The fourth-order valence-electron chi connectivity index (χ4n) is 2.05. The van der Waals surface area contributed by atoms with Gasteiger partial charge in [0.15, 0.2) is 0 Å². The first-order valence-electron chi connectivity index (χ1n) is 5.12. The van der Waals surface area contributed by atoms with Gasteiger partial charge >= 0.3 is 5.97 Å². The number of carboxylic acids is 1. The summed E-state index contributed by atoms with van der Waals surface area (Å²) in [6.07, 6.45) is 0.809. The topological polar surface area (TPSA) is 50.2 Å². The monoisotopic (exact) mass is 265 g/mol. The molecule has 0 spiro atoms. The van der Waals surface area contributed by atoms with Crippen LogP contribution < -0.4 is 0 Å². The highest BCUT2D eigenvalue weighted by Crippen LogP contribution is 2.40. The number of hydrogen-bond donors (Lipinski definition) is 1. The van der Waals surface area contributed by atoms with Crippen molar-refractivity contribution in [1.82, 2.24) is 4.98 Å². The van der Waals surface area contributed by atoms with Gasteiger partial charge in [-0.1, -0.05) is 17.7 Å². The highest BCUT2D eigenvalue weighted by molar-refractivity contribution is 7.12. The van der Waals surface area contributed by atoms with Crippen LogP contribution in [-0.4, -0.2) is 16.1 Å². The fourth-order valence-corrected chi connectivity index (χ4v) is 3.34. The van der Waals surface area contributed by atoms with Crippen LogP contribution in [0.1, 0.15) is 15.4 Å². The Morgan fingerprint density at radius 2 is 2.35 bits per heavy atom. The molecule has 0 unspecified atom stereocenters. The van der Waals surface area contributed by atoms with Crippen LogP contribution in [0.2, 0.25) is 5.02 Å².